The predicted octanol–water partition coefficient (Wildman–Crippen LogP) is 10.8. The van der Waals surface area contributed by atoms with E-state index in [2.05, 4.69) is 144 Å². The Bertz CT molecular complexity index is 2510. The maximum Gasteiger partial charge on any atom is 0.164 e. The summed E-state index contributed by atoms with van der Waals surface area (Å²) >= 11 is 0. The van der Waals surface area contributed by atoms with Crippen LogP contribution in [-0.2, 0) is 0 Å². The number of fused-ring (bicyclic) bond motifs is 4. The van der Waals surface area contributed by atoms with Gasteiger partial charge in [-0.25, -0.2) is 15.0 Å². The van der Waals surface area contributed by atoms with Crippen LogP contribution in [0, 0.1) is 0 Å². The average Bonchev–Trinajstić information content (AvgIpc) is 3.49. The smallest absolute Gasteiger partial charge is 0.164 e. The molecule has 0 unspecified atom stereocenters. The molecule has 0 N–H and O–H groups in total. The van der Waals surface area contributed by atoms with Crippen LogP contribution < -0.4 is 0 Å². The van der Waals surface area contributed by atoms with Crippen molar-refractivity contribution in [1.29, 1.82) is 0 Å². The number of aromatic nitrogens is 4. The standard InChI is InChI=1S/C43H28N4/c1-3-14-30(15-4-1)34-27-26-32(28-40(34)47-38-24-11-9-21-35(38)36-22-10-12-25-39(36)47)42-44-41(31-17-5-2-6-18-31)45-43(46-42)37-23-13-19-29-16-7-8-20-33(29)37/h1-28H. The number of para-hydroxylation sites is 2. The van der Waals surface area contributed by atoms with Gasteiger partial charge in [0, 0.05) is 33.0 Å². The number of rotatable bonds is 5. The Morgan fingerprint density at radius 2 is 0.872 bits per heavy atom. The van der Waals surface area contributed by atoms with Crippen LogP contribution in [0.25, 0.3) is 83.6 Å². The molecule has 9 aromatic rings. The van der Waals surface area contributed by atoms with Crippen molar-refractivity contribution < 1.29 is 0 Å². The SMILES string of the molecule is c1ccc(-c2nc(-c3ccc(-c4ccccc4)c(-n4c5ccccc5c5ccccc54)c3)nc(-c3cccc4ccccc34)n2)cc1. The first-order chi connectivity index (χ1) is 23.3. The van der Waals surface area contributed by atoms with E-state index >= 15 is 0 Å². The van der Waals surface area contributed by atoms with Gasteiger partial charge in [0.1, 0.15) is 0 Å². The van der Waals surface area contributed by atoms with E-state index in [0.29, 0.717) is 17.5 Å². The maximum absolute atomic E-state index is 5.17. The van der Waals surface area contributed by atoms with Crippen molar-refractivity contribution in [2.24, 2.45) is 0 Å². The monoisotopic (exact) mass is 600 g/mol. The molecule has 0 saturated carbocycles. The van der Waals surface area contributed by atoms with E-state index in [-0.39, 0.29) is 0 Å². The number of hydrogen-bond donors (Lipinski definition) is 0. The van der Waals surface area contributed by atoms with Crippen molar-refractivity contribution in [3.63, 3.8) is 0 Å². The molecule has 9 rings (SSSR count). The van der Waals surface area contributed by atoms with E-state index in [9.17, 15) is 0 Å². The summed E-state index contributed by atoms with van der Waals surface area (Å²) in [6.07, 6.45) is 0. The molecule has 47 heavy (non-hydrogen) atoms. The second kappa shape index (κ2) is 11.2. The van der Waals surface area contributed by atoms with Gasteiger partial charge in [0.05, 0.1) is 16.7 Å². The lowest BCUT2D eigenvalue weighted by atomic mass is 10.0. The molecule has 2 heterocycles. The molecule has 0 aliphatic heterocycles. The summed E-state index contributed by atoms with van der Waals surface area (Å²) in [4.78, 5) is 15.3. The zero-order chi connectivity index (χ0) is 31.2. The zero-order valence-corrected chi connectivity index (χ0v) is 25.5. The zero-order valence-electron chi connectivity index (χ0n) is 25.5. The minimum absolute atomic E-state index is 0.628. The first-order valence-electron chi connectivity index (χ1n) is 15.8. The van der Waals surface area contributed by atoms with Gasteiger partial charge in [-0.05, 0) is 34.5 Å². The van der Waals surface area contributed by atoms with Crippen LogP contribution in [0.3, 0.4) is 0 Å². The summed E-state index contributed by atoms with van der Waals surface area (Å²) in [5.41, 5.74) is 8.50. The van der Waals surface area contributed by atoms with Crippen molar-refractivity contribution in [1.82, 2.24) is 19.5 Å². The van der Waals surface area contributed by atoms with E-state index < -0.39 is 0 Å². The molecule has 0 saturated heterocycles. The van der Waals surface area contributed by atoms with Gasteiger partial charge >= 0.3 is 0 Å². The van der Waals surface area contributed by atoms with E-state index in [4.69, 9.17) is 15.0 Å². The maximum atomic E-state index is 5.17. The van der Waals surface area contributed by atoms with Crippen molar-refractivity contribution >= 4 is 32.6 Å². The van der Waals surface area contributed by atoms with Crippen LogP contribution in [-0.4, -0.2) is 19.5 Å². The van der Waals surface area contributed by atoms with Crippen molar-refractivity contribution in [2.45, 2.75) is 0 Å². The molecular formula is C43H28N4. The van der Waals surface area contributed by atoms with Crippen LogP contribution >= 0.6 is 0 Å². The fourth-order valence-corrected chi connectivity index (χ4v) is 6.66. The van der Waals surface area contributed by atoms with Gasteiger partial charge in [-0.1, -0.05) is 152 Å². The molecule has 0 aliphatic carbocycles. The lowest BCUT2D eigenvalue weighted by Gasteiger charge is -2.16. The van der Waals surface area contributed by atoms with Crippen LogP contribution in [0.2, 0.25) is 0 Å². The summed E-state index contributed by atoms with van der Waals surface area (Å²) in [5.74, 6) is 1.92. The lowest BCUT2D eigenvalue weighted by molar-refractivity contribution is 1.07. The molecule has 0 aliphatic rings. The summed E-state index contributed by atoms with van der Waals surface area (Å²) in [5, 5.41) is 4.69. The highest BCUT2D eigenvalue weighted by atomic mass is 15.0. The third-order valence-corrected chi connectivity index (χ3v) is 8.86. The van der Waals surface area contributed by atoms with Crippen LogP contribution in [0.15, 0.2) is 170 Å². The third-order valence-electron chi connectivity index (χ3n) is 8.86. The van der Waals surface area contributed by atoms with Gasteiger partial charge in [-0.15, -0.1) is 0 Å². The molecule has 0 fully saturated rings. The molecule has 0 radical (unpaired) electrons. The van der Waals surface area contributed by atoms with Crippen molar-refractivity contribution in [3.8, 4) is 51.0 Å². The second-order valence-corrected chi connectivity index (χ2v) is 11.7. The summed E-state index contributed by atoms with van der Waals surface area (Å²) in [6, 6.07) is 59.2. The van der Waals surface area contributed by atoms with E-state index in [1.165, 1.54) is 10.8 Å². The summed E-state index contributed by atoms with van der Waals surface area (Å²) < 4.78 is 2.38. The van der Waals surface area contributed by atoms with E-state index in [0.717, 1.165) is 55.3 Å². The molecule has 7 aromatic carbocycles. The van der Waals surface area contributed by atoms with Crippen LogP contribution in [0.1, 0.15) is 0 Å². The Morgan fingerprint density at radius 3 is 1.57 bits per heavy atom. The summed E-state index contributed by atoms with van der Waals surface area (Å²) in [6.45, 7) is 0. The average molecular weight is 601 g/mol. The Labute approximate surface area is 272 Å². The lowest BCUT2D eigenvalue weighted by Crippen LogP contribution is -2.02. The molecule has 4 nitrogen and oxygen atoms in total. The van der Waals surface area contributed by atoms with Gasteiger partial charge in [0.2, 0.25) is 0 Å². The Morgan fingerprint density at radius 1 is 0.340 bits per heavy atom. The highest BCUT2D eigenvalue weighted by Gasteiger charge is 2.19. The molecule has 220 valence electrons. The third kappa shape index (κ3) is 4.66. The first-order valence-corrected chi connectivity index (χ1v) is 15.8. The highest BCUT2D eigenvalue weighted by Crippen LogP contribution is 2.38. The molecule has 0 atom stereocenters. The Kier molecular flexibility index (Phi) is 6.43. The fraction of sp³-hybridized carbons (Fsp3) is 0. The van der Waals surface area contributed by atoms with Crippen molar-refractivity contribution in [2.75, 3.05) is 0 Å². The van der Waals surface area contributed by atoms with E-state index in [1.54, 1.807) is 0 Å². The molecule has 0 amide bonds. The fourth-order valence-electron chi connectivity index (χ4n) is 6.66. The minimum Gasteiger partial charge on any atom is -0.309 e. The highest BCUT2D eigenvalue weighted by molar-refractivity contribution is 6.09. The van der Waals surface area contributed by atoms with E-state index in [1.807, 2.05) is 30.3 Å². The first kappa shape index (κ1) is 27.0. The molecule has 0 spiro atoms. The molecule has 0 bridgehead atoms. The minimum atomic E-state index is 0.628. The van der Waals surface area contributed by atoms with Gasteiger partial charge in [0.25, 0.3) is 0 Å². The largest absolute Gasteiger partial charge is 0.309 e. The second-order valence-electron chi connectivity index (χ2n) is 11.7. The molecule has 2 aromatic heterocycles. The number of benzene rings is 7. The van der Waals surface area contributed by atoms with Crippen LogP contribution in [0.4, 0.5) is 0 Å². The normalized spacial score (nSPS) is 11.4. The van der Waals surface area contributed by atoms with Crippen molar-refractivity contribution in [3.05, 3.63) is 170 Å². The quantitative estimate of drug-likeness (QED) is 0.197. The van der Waals surface area contributed by atoms with Gasteiger partial charge < -0.3 is 4.57 Å². The van der Waals surface area contributed by atoms with Gasteiger partial charge in [-0.2, -0.15) is 0 Å². The topological polar surface area (TPSA) is 43.6 Å². The number of nitrogens with zero attached hydrogens (tertiary/aromatic N) is 4. The Balaban J connectivity index is 1.33. The summed E-state index contributed by atoms with van der Waals surface area (Å²) in [7, 11) is 0. The number of hydrogen-bond acceptors (Lipinski definition) is 3. The van der Waals surface area contributed by atoms with Gasteiger partial charge in [-0.3, -0.25) is 0 Å². The molecule has 4 heteroatoms. The van der Waals surface area contributed by atoms with Gasteiger partial charge in [0.15, 0.2) is 17.5 Å². The molecular weight excluding hydrogens is 573 g/mol. The Hall–Kier alpha value is -6.39. The predicted molar refractivity (Wildman–Crippen MR) is 193 cm³/mol. The van der Waals surface area contributed by atoms with Crippen LogP contribution in [0.5, 0.6) is 0 Å².